The molecule has 0 fully saturated rings. The van der Waals surface area contributed by atoms with E-state index >= 15 is 0 Å². The van der Waals surface area contributed by atoms with Gasteiger partial charge in [0.2, 0.25) is 0 Å². The minimum atomic E-state index is 0.420. The molecule has 0 saturated heterocycles. The Morgan fingerprint density at radius 2 is 1.95 bits per heavy atom. The van der Waals surface area contributed by atoms with E-state index in [4.69, 9.17) is 4.74 Å². The van der Waals surface area contributed by atoms with Gasteiger partial charge in [-0.1, -0.05) is 36.4 Å². The molecule has 21 heavy (non-hydrogen) atoms. The van der Waals surface area contributed by atoms with Crippen molar-refractivity contribution < 1.29 is 4.74 Å². The summed E-state index contributed by atoms with van der Waals surface area (Å²) in [5.74, 6) is 1.56. The molecular formula is C16H21N3OS. The number of nitrogens with zero attached hydrogens (tertiary/aromatic N) is 2. The van der Waals surface area contributed by atoms with Gasteiger partial charge in [-0.25, -0.2) is 9.97 Å². The molecule has 0 atom stereocenters. The van der Waals surface area contributed by atoms with E-state index < -0.39 is 0 Å². The van der Waals surface area contributed by atoms with Gasteiger partial charge in [-0.05, 0) is 25.5 Å². The molecule has 2 aromatic rings. The van der Waals surface area contributed by atoms with Crippen LogP contribution in [0.2, 0.25) is 0 Å². The SMILES string of the molecule is CCCNc1cc(Sc2ccc(C)cc2)nc(COC)n1. The zero-order valence-electron chi connectivity index (χ0n) is 12.7. The number of nitrogens with one attached hydrogen (secondary N) is 1. The molecule has 0 aliphatic carbocycles. The van der Waals surface area contributed by atoms with E-state index in [1.807, 2.05) is 6.07 Å². The van der Waals surface area contributed by atoms with Crippen LogP contribution in [0.15, 0.2) is 40.3 Å². The van der Waals surface area contributed by atoms with Gasteiger partial charge in [0.25, 0.3) is 0 Å². The number of anilines is 1. The third-order valence-electron chi connectivity index (χ3n) is 2.82. The van der Waals surface area contributed by atoms with Gasteiger partial charge in [-0.3, -0.25) is 0 Å². The molecule has 0 unspecified atom stereocenters. The van der Waals surface area contributed by atoms with Gasteiger partial charge in [0.1, 0.15) is 17.5 Å². The third kappa shape index (κ3) is 5.02. The Bertz CT molecular complexity index is 572. The van der Waals surface area contributed by atoms with E-state index in [-0.39, 0.29) is 0 Å². The van der Waals surface area contributed by atoms with Crippen molar-refractivity contribution in [3.63, 3.8) is 0 Å². The molecule has 0 aliphatic rings. The molecule has 0 radical (unpaired) electrons. The van der Waals surface area contributed by atoms with Crippen LogP contribution >= 0.6 is 11.8 Å². The maximum Gasteiger partial charge on any atom is 0.157 e. The summed E-state index contributed by atoms with van der Waals surface area (Å²) < 4.78 is 5.15. The molecule has 0 amide bonds. The van der Waals surface area contributed by atoms with Crippen LogP contribution in [0.5, 0.6) is 0 Å². The average molecular weight is 303 g/mol. The zero-order chi connectivity index (χ0) is 15.1. The lowest BCUT2D eigenvalue weighted by Gasteiger charge is -2.09. The van der Waals surface area contributed by atoms with Gasteiger partial charge in [0.15, 0.2) is 5.82 Å². The largest absolute Gasteiger partial charge is 0.377 e. The number of aromatic nitrogens is 2. The van der Waals surface area contributed by atoms with E-state index in [0.29, 0.717) is 12.4 Å². The lowest BCUT2D eigenvalue weighted by Crippen LogP contribution is -2.06. The van der Waals surface area contributed by atoms with Crippen LogP contribution in [-0.2, 0) is 11.3 Å². The Hall–Kier alpha value is -1.59. The fraction of sp³-hybridized carbons (Fsp3) is 0.375. The number of hydrogen-bond donors (Lipinski definition) is 1. The number of aryl methyl sites for hydroxylation is 1. The lowest BCUT2D eigenvalue weighted by atomic mass is 10.2. The topological polar surface area (TPSA) is 47.0 Å². The molecule has 0 saturated carbocycles. The smallest absolute Gasteiger partial charge is 0.157 e. The highest BCUT2D eigenvalue weighted by Crippen LogP contribution is 2.27. The maximum absolute atomic E-state index is 5.15. The van der Waals surface area contributed by atoms with E-state index in [1.165, 1.54) is 10.5 Å². The van der Waals surface area contributed by atoms with Crippen LogP contribution in [0.25, 0.3) is 0 Å². The number of hydrogen-bond acceptors (Lipinski definition) is 5. The fourth-order valence-electron chi connectivity index (χ4n) is 1.79. The highest BCUT2D eigenvalue weighted by atomic mass is 32.2. The molecule has 0 bridgehead atoms. The predicted molar refractivity (Wildman–Crippen MR) is 86.8 cm³/mol. The van der Waals surface area contributed by atoms with Crippen molar-refractivity contribution in [2.75, 3.05) is 19.0 Å². The third-order valence-corrected chi connectivity index (χ3v) is 3.75. The van der Waals surface area contributed by atoms with Crippen molar-refractivity contribution in [1.29, 1.82) is 0 Å². The second kappa shape index (κ2) is 8.00. The summed E-state index contributed by atoms with van der Waals surface area (Å²) in [5, 5.41) is 4.24. The molecule has 1 aromatic heterocycles. The van der Waals surface area contributed by atoms with Crippen LogP contribution in [0.4, 0.5) is 5.82 Å². The summed E-state index contributed by atoms with van der Waals surface area (Å²) in [7, 11) is 1.66. The first-order valence-electron chi connectivity index (χ1n) is 7.06. The van der Waals surface area contributed by atoms with Crippen molar-refractivity contribution in [2.45, 2.75) is 36.8 Å². The Morgan fingerprint density at radius 1 is 1.19 bits per heavy atom. The van der Waals surface area contributed by atoms with Crippen LogP contribution in [0, 0.1) is 6.92 Å². The van der Waals surface area contributed by atoms with Crippen molar-refractivity contribution >= 4 is 17.6 Å². The quantitative estimate of drug-likeness (QED) is 0.786. The van der Waals surface area contributed by atoms with Gasteiger partial charge in [-0.2, -0.15) is 0 Å². The monoisotopic (exact) mass is 303 g/mol. The molecule has 0 aliphatic heterocycles. The highest BCUT2D eigenvalue weighted by Gasteiger charge is 2.06. The predicted octanol–water partition coefficient (Wildman–Crippen LogP) is 3.90. The van der Waals surface area contributed by atoms with E-state index in [2.05, 4.69) is 53.4 Å². The number of rotatable bonds is 7. The van der Waals surface area contributed by atoms with E-state index in [1.54, 1.807) is 18.9 Å². The van der Waals surface area contributed by atoms with Gasteiger partial charge in [0, 0.05) is 24.6 Å². The maximum atomic E-state index is 5.15. The minimum Gasteiger partial charge on any atom is -0.377 e. The molecule has 1 aromatic carbocycles. The summed E-state index contributed by atoms with van der Waals surface area (Å²) in [6, 6.07) is 10.4. The van der Waals surface area contributed by atoms with Gasteiger partial charge in [0.05, 0.1) is 0 Å². The molecular weight excluding hydrogens is 282 g/mol. The average Bonchev–Trinajstić information content (AvgIpc) is 2.48. The molecule has 1 N–H and O–H groups in total. The molecule has 0 spiro atoms. The van der Waals surface area contributed by atoms with E-state index in [9.17, 15) is 0 Å². The Labute approximate surface area is 130 Å². The summed E-state index contributed by atoms with van der Waals surface area (Å²) in [6.45, 7) is 5.54. The summed E-state index contributed by atoms with van der Waals surface area (Å²) in [5.41, 5.74) is 1.26. The number of benzene rings is 1. The standard InChI is InChI=1S/C16H21N3OS/c1-4-9-17-14-10-16(19-15(18-14)11-20-3)21-13-7-5-12(2)6-8-13/h5-8,10H,4,9,11H2,1-3H3,(H,17,18,19). The Morgan fingerprint density at radius 3 is 2.62 bits per heavy atom. The minimum absolute atomic E-state index is 0.420. The van der Waals surface area contributed by atoms with Gasteiger partial charge < -0.3 is 10.1 Å². The van der Waals surface area contributed by atoms with Crippen molar-refractivity contribution in [1.82, 2.24) is 9.97 Å². The normalized spacial score (nSPS) is 10.6. The molecule has 1 heterocycles. The first-order valence-corrected chi connectivity index (χ1v) is 7.88. The summed E-state index contributed by atoms with van der Waals surface area (Å²) in [6.07, 6.45) is 1.06. The highest BCUT2D eigenvalue weighted by molar-refractivity contribution is 7.99. The Balaban J connectivity index is 2.19. The molecule has 5 heteroatoms. The van der Waals surface area contributed by atoms with Crippen LogP contribution < -0.4 is 5.32 Å². The van der Waals surface area contributed by atoms with Crippen molar-refractivity contribution in [3.8, 4) is 0 Å². The van der Waals surface area contributed by atoms with Crippen molar-refractivity contribution in [3.05, 3.63) is 41.7 Å². The second-order valence-electron chi connectivity index (χ2n) is 4.78. The fourth-order valence-corrected chi connectivity index (χ4v) is 2.62. The van der Waals surface area contributed by atoms with Gasteiger partial charge >= 0.3 is 0 Å². The second-order valence-corrected chi connectivity index (χ2v) is 5.88. The number of ether oxygens (including phenoxy) is 1. The van der Waals surface area contributed by atoms with Crippen LogP contribution in [-0.4, -0.2) is 23.6 Å². The van der Waals surface area contributed by atoms with Gasteiger partial charge in [-0.15, -0.1) is 0 Å². The van der Waals surface area contributed by atoms with E-state index in [0.717, 1.165) is 23.8 Å². The molecule has 4 nitrogen and oxygen atoms in total. The first-order chi connectivity index (χ1) is 10.2. The Kier molecular flexibility index (Phi) is 6.02. The zero-order valence-corrected chi connectivity index (χ0v) is 13.5. The number of methoxy groups -OCH3 is 1. The first kappa shape index (κ1) is 15.8. The van der Waals surface area contributed by atoms with Crippen LogP contribution in [0.1, 0.15) is 24.7 Å². The molecule has 2 rings (SSSR count). The summed E-state index contributed by atoms with van der Waals surface area (Å²) in [4.78, 5) is 10.2. The molecule has 112 valence electrons. The van der Waals surface area contributed by atoms with Crippen molar-refractivity contribution in [2.24, 2.45) is 0 Å². The lowest BCUT2D eigenvalue weighted by molar-refractivity contribution is 0.177. The van der Waals surface area contributed by atoms with Crippen LogP contribution in [0.3, 0.4) is 0 Å². The summed E-state index contributed by atoms with van der Waals surface area (Å²) >= 11 is 1.64.